The monoisotopic (exact) mass is 289 g/mol. The van der Waals surface area contributed by atoms with Crippen molar-refractivity contribution >= 4 is 34.5 Å². The number of aliphatic hydroxyl groups is 1. The molecule has 1 aromatic heterocycles. The van der Waals surface area contributed by atoms with Crippen molar-refractivity contribution in [2.45, 2.75) is 6.61 Å². The molecular formula is C11H9Cl2NO2S. The number of rotatable bonds is 3. The molecule has 17 heavy (non-hydrogen) atoms. The summed E-state index contributed by atoms with van der Waals surface area (Å²) in [6, 6.07) is 3.51. The molecule has 0 unspecified atom stereocenters. The molecule has 0 atom stereocenters. The highest BCUT2D eigenvalue weighted by atomic mass is 35.5. The van der Waals surface area contributed by atoms with Gasteiger partial charge in [-0.25, -0.2) is 4.98 Å². The second-order valence-corrected chi connectivity index (χ2v) is 4.86. The van der Waals surface area contributed by atoms with Gasteiger partial charge in [-0.2, -0.15) is 0 Å². The van der Waals surface area contributed by atoms with Crippen LogP contribution in [0, 0.1) is 0 Å². The lowest BCUT2D eigenvalue weighted by Crippen LogP contribution is -1.96. The van der Waals surface area contributed by atoms with Gasteiger partial charge in [-0.1, -0.05) is 29.3 Å². The predicted octanol–water partition coefficient (Wildman–Crippen LogP) is 3.62. The molecule has 2 aromatic rings. The molecule has 0 aliphatic rings. The van der Waals surface area contributed by atoms with E-state index in [0.717, 1.165) is 10.4 Å². The number of halogens is 2. The third-order valence-electron chi connectivity index (χ3n) is 2.34. The maximum Gasteiger partial charge on any atom is 0.147 e. The largest absolute Gasteiger partial charge is 0.495 e. The second-order valence-electron chi connectivity index (χ2n) is 3.24. The molecule has 2 rings (SSSR count). The van der Waals surface area contributed by atoms with Crippen LogP contribution in [0.25, 0.3) is 10.4 Å². The average molecular weight is 290 g/mol. The Bertz CT molecular complexity index is 542. The average Bonchev–Trinajstić information content (AvgIpc) is 2.74. The molecule has 0 bridgehead atoms. The first-order chi connectivity index (χ1) is 8.19. The molecule has 0 radical (unpaired) electrons. The summed E-state index contributed by atoms with van der Waals surface area (Å²) in [5.41, 5.74) is 3.06. The fraction of sp³-hybridized carbons (Fsp3) is 0.182. The van der Waals surface area contributed by atoms with Gasteiger partial charge in [0.05, 0.1) is 29.1 Å². The number of methoxy groups -OCH3 is 1. The summed E-state index contributed by atoms with van der Waals surface area (Å²) in [5.74, 6) is 0.469. The summed E-state index contributed by atoms with van der Waals surface area (Å²) in [5, 5.41) is 10.3. The third kappa shape index (κ3) is 2.26. The number of aromatic nitrogens is 1. The van der Waals surface area contributed by atoms with Gasteiger partial charge in [-0.15, -0.1) is 11.3 Å². The summed E-state index contributed by atoms with van der Waals surface area (Å²) >= 11 is 13.4. The zero-order valence-corrected chi connectivity index (χ0v) is 11.2. The minimum absolute atomic E-state index is 0.173. The summed E-state index contributed by atoms with van der Waals surface area (Å²) in [7, 11) is 1.51. The van der Waals surface area contributed by atoms with Crippen LogP contribution in [0.4, 0.5) is 0 Å². The fourth-order valence-corrected chi connectivity index (χ4v) is 2.92. The Balaban J connectivity index is 2.67. The minimum atomic E-state index is -0.173. The van der Waals surface area contributed by atoms with Crippen LogP contribution in [-0.4, -0.2) is 17.2 Å². The molecular weight excluding hydrogens is 281 g/mol. The van der Waals surface area contributed by atoms with Crippen LogP contribution in [-0.2, 0) is 6.61 Å². The van der Waals surface area contributed by atoms with Gasteiger partial charge in [0.25, 0.3) is 0 Å². The first-order valence-corrected chi connectivity index (χ1v) is 6.38. The normalized spacial score (nSPS) is 10.6. The van der Waals surface area contributed by atoms with Crippen LogP contribution in [0.2, 0.25) is 10.2 Å². The first kappa shape index (κ1) is 12.6. The smallest absolute Gasteiger partial charge is 0.147 e. The van der Waals surface area contributed by atoms with E-state index < -0.39 is 0 Å². The van der Waals surface area contributed by atoms with Crippen LogP contribution in [0.1, 0.15) is 5.56 Å². The molecule has 1 N–H and O–H groups in total. The Kier molecular flexibility index (Phi) is 3.89. The Morgan fingerprint density at radius 2 is 2.18 bits per heavy atom. The molecule has 0 spiro atoms. The number of nitrogens with zero attached hydrogens (tertiary/aromatic N) is 1. The van der Waals surface area contributed by atoms with Crippen molar-refractivity contribution in [1.29, 1.82) is 0 Å². The van der Waals surface area contributed by atoms with Crippen LogP contribution >= 0.6 is 34.5 Å². The van der Waals surface area contributed by atoms with E-state index in [1.807, 2.05) is 0 Å². The lowest BCUT2D eigenvalue weighted by Gasteiger charge is -2.12. The number of ether oxygens (including phenoxy) is 1. The SMILES string of the molecule is COc1c(Cl)ccc(-c2scnc2Cl)c1CO. The third-order valence-corrected chi connectivity index (χ3v) is 3.90. The van der Waals surface area contributed by atoms with Crippen LogP contribution in [0.5, 0.6) is 5.75 Å². The lowest BCUT2D eigenvalue weighted by molar-refractivity contribution is 0.274. The highest BCUT2D eigenvalue weighted by molar-refractivity contribution is 7.14. The highest BCUT2D eigenvalue weighted by Gasteiger charge is 2.17. The molecule has 0 fully saturated rings. The molecule has 0 saturated heterocycles. The van der Waals surface area contributed by atoms with Crippen molar-refractivity contribution < 1.29 is 9.84 Å². The van der Waals surface area contributed by atoms with Gasteiger partial charge in [-0.05, 0) is 6.07 Å². The molecule has 0 aliphatic carbocycles. The Morgan fingerprint density at radius 1 is 1.41 bits per heavy atom. The zero-order chi connectivity index (χ0) is 12.4. The molecule has 1 heterocycles. The number of aliphatic hydroxyl groups excluding tert-OH is 1. The molecule has 1 aromatic carbocycles. The van der Waals surface area contributed by atoms with E-state index in [4.69, 9.17) is 27.9 Å². The highest BCUT2D eigenvalue weighted by Crippen LogP contribution is 2.40. The van der Waals surface area contributed by atoms with Crippen LogP contribution < -0.4 is 4.74 Å². The molecule has 3 nitrogen and oxygen atoms in total. The zero-order valence-electron chi connectivity index (χ0n) is 8.91. The summed E-state index contributed by atoms with van der Waals surface area (Å²) in [6.07, 6.45) is 0. The lowest BCUT2D eigenvalue weighted by atomic mass is 10.1. The van der Waals surface area contributed by atoms with Gasteiger partial charge in [0.2, 0.25) is 0 Å². The minimum Gasteiger partial charge on any atom is -0.495 e. The topological polar surface area (TPSA) is 42.4 Å². The summed E-state index contributed by atoms with van der Waals surface area (Å²) < 4.78 is 5.19. The summed E-state index contributed by atoms with van der Waals surface area (Å²) in [4.78, 5) is 4.77. The molecule has 0 amide bonds. The maximum absolute atomic E-state index is 9.45. The molecule has 0 aliphatic heterocycles. The van der Waals surface area contributed by atoms with E-state index in [2.05, 4.69) is 4.98 Å². The van der Waals surface area contributed by atoms with Crippen LogP contribution in [0.3, 0.4) is 0 Å². The van der Waals surface area contributed by atoms with Gasteiger partial charge in [-0.3, -0.25) is 0 Å². The van der Waals surface area contributed by atoms with Gasteiger partial charge < -0.3 is 9.84 Å². The van der Waals surface area contributed by atoms with Crippen molar-refractivity contribution in [3.8, 4) is 16.2 Å². The fourth-order valence-electron chi connectivity index (χ4n) is 1.60. The molecule has 90 valence electrons. The van der Waals surface area contributed by atoms with Gasteiger partial charge in [0.1, 0.15) is 10.9 Å². The Labute approximate surface area is 113 Å². The van der Waals surface area contributed by atoms with Crippen LogP contribution in [0.15, 0.2) is 17.6 Å². The number of thiazole rings is 1. The first-order valence-electron chi connectivity index (χ1n) is 4.74. The van der Waals surface area contributed by atoms with E-state index in [1.165, 1.54) is 18.4 Å². The quantitative estimate of drug-likeness (QED) is 0.938. The number of hydrogen-bond acceptors (Lipinski definition) is 4. The van der Waals surface area contributed by atoms with E-state index >= 15 is 0 Å². The van der Waals surface area contributed by atoms with Crippen molar-refractivity contribution in [1.82, 2.24) is 4.98 Å². The van der Waals surface area contributed by atoms with Gasteiger partial charge >= 0.3 is 0 Å². The molecule has 6 heteroatoms. The van der Waals surface area contributed by atoms with Crippen molar-refractivity contribution in [3.05, 3.63) is 33.4 Å². The standard InChI is InChI=1S/C11H9Cl2NO2S/c1-16-9-7(4-15)6(2-3-8(9)12)10-11(13)14-5-17-10/h2-3,5,15H,4H2,1H3. The number of hydrogen-bond donors (Lipinski definition) is 1. The van der Waals surface area contributed by atoms with E-state index in [0.29, 0.717) is 21.5 Å². The summed E-state index contributed by atoms with van der Waals surface area (Å²) in [6.45, 7) is -0.173. The van der Waals surface area contributed by atoms with Crippen molar-refractivity contribution in [3.63, 3.8) is 0 Å². The van der Waals surface area contributed by atoms with E-state index in [1.54, 1.807) is 17.6 Å². The van der Waals surface area contributed by atoms with Gasteiger partial charge in [0, 0.05) is 11.1 Å². The van der Waals surface area contributed by atoms with E-state index in [9.17, 15) is 5.11 Å². The van der Waals surface area contributed by atoms with Crippen molar-refractivity contribution in [2.75, 3.05) is 7.11 Å². The van der Waals surface area contributed by atoms with Gasteiger partial charge in [0.15, 0.2) is 0 Å². The number of benzene rings is 1. The van der Waals surface area contributed by atoms with E-state index in [-0.39, 0.29) is 6.61 Å². The second kappa shape index (κ2) is 5.23. The maximum atomic E-state index is 9.45. The predicted molar refractivity (Wildman–Crippen MR) is 70.0 cm³/mol. The Morgan fingerprint density at radius 3 is 2.71 bits per heavy atom. The molecule has 0 saturated carbocycles. The Hall–Kier alpha value is -0.810. The van der Waals surface area contributed by atoms with Crippen molar-refractivity contribution in [2.24, 2.45) is 0 Å².